The van der Waals surface area contributed by atoms with E-state index < -0.39 is 0 Å². The van der Waals surface area contributed by atoms with Crippen molar-refractivity contribution in [2.75, 3.05) is 0 Å². The van der Waals surface area contributed by atoms with E-state index in [-0.39, 0.29) is 10.4 Å². The van der Waals surface area contributed by atoms with Crippen LogP contribution >= 0.6 is 12.2 Å². The Balaban J connectivity index is 2.71. The maximum atomic E-state index is 11.8. The number of nitrogens with two attached hydrogens (primary N) is 1. The van der Waals surface area contributed by atoms with Crippen molar-refractivity contribution in [3.63, 3.8) is 0 Å². The summed E-state index contributed by atoms with van der Waals surface area (Å²) in [5.74, 6) is 0. The lowest BCUT2D eigenvalue weighted by molar-refractivity contribution is 0.958. The molecule has 1 heterocycles. The van der Waals surface area contributed by atoms with Crippen LogP contribution in [0.25, 0.3) is 5.69 Å². The largest absolute Gasteiger partial charge is 0.389 e. The van der Waals surface area contributed by atoms with E-state index in [0.717, 1.165) is 16.9 Å². The third-order valence-corrected chi connectivity index (χ3v) is 3.34. The standard InChI is InChI=1S/C15H16N2OS/c1-9-4-5-13(10(2)6-9)17-8-12(15(16)19)14(18)7-11(17)3/h4-8H,1-3H3,(H2,16,19). The third kappa shape index (κ3) is 2.58. The Labute approximate surface area is 117 Å². The zero-order valence-electron chi connectivity index (χ0n) is 11.2. The summed E-state index contributed by atoms with van der Waals surface area (Å²) in [7, 11) is 0. The van der Waals surface area contributed by atoms with E-state index in [4.69, 9.17) is 18.0 Å². The van der Waals surface area contributed by atoms with Gasteiger partial charge in [-0.2, -0.15) is 0 Å². The molecule has 0 aliphatic rings. The first-order chi connectivity index (χ1) is 8.90. The third-order valence-electron chi connectivity index (χ3n) is 3.12. The monoisotopic (exact) mass is 272 g/mol. The number of hydrogen-bond donors (Lipinski definition) is 1. The van der Waals surface area contributed by atoms with E-state index in [1.54, 1.807) is 12.3 Å². The van der Waals surface area contributed by atoms with Gasteiger partial charge in [-0.25, -0.2) is 0 Å². The van der Waals surface area contributed by atoms with E-state index >= 15 is 0 Å². The number of aromatic nitrogens is 1. The molecule has 2 rings (SSSR count). The van der Waals surface area contributed by atoms with E-state index in [1.165, 1.54) is 5.56 Å². The first-order valence-electron chi connectivity index (χ1n) is 6.01. The molecule has 0 saturated heterocycles. The molecule has 1 aromatic carbocycles. The van der Waals surface area contributed by atoms with E-state index in [2.05, 4.69) is 13.0 Å². The number of rotatable bonds is 2. The lowest BCUT2D eigenvalue weighted by Crippen LogP contribution is -2.23. The van der Waals surface area contributed by atoms with Gasteiger partial charge in [0.2, 0.25) is 0 Å². The van der Waals surface area contributed by atoms with Crippen LogP contribution in [0.2, 0.25) is 0 Å². The smallest absolute Gasteiger partial charge is 0.192 e. The van der Waals surface area contributed by atoms with Crippen molar-refractivity contribution in [3.05, 3.63) is 63.1 Å². The summed E-state index contributed by atoms with van der Waals surface area (Å²) >= 11 is 4.92. The normalized spacial score (nSPS) is 10.5. The van der Waals surface area contributed by atoms with Crippen LogP contribution in [0.5, 0.6) is 0 Å². The maximum absolute atomic E-state index is 11.8. The predicted octanol–water partition coefficient (Wildman–Crippen LogP) is 2.40. The number of hydrogen-bond acceptors (Lipinski definition) is 2. The molecule has 0 fully saturated rings. The highest BCUT2D eigenvalue weighted by Crippen LogP contribution is 2.17. The zero-order valence-corrected chi connectivity index (χ0v) is 12.0. The van der Waals surface area contributed by atoms with Crippen LogP contribution in [-0.2, 0) is 0 Å². The van der Waals surface area contributed by atoms with Crippen molar-refractivity contribution in [2.24, 2.45) is 5.73 Å². The van der Waals surface area contributed by atoms with Crippen LogP contribution in [0.1, 0.15) is 22.4 Å². The molecule has 3 nitrogen and oxygen atoms in total. The van der Waals surface area contributed by atoms with Gasteiger partial charge in [-0.1, -0.05) is 29.9 Å². The number of thiocarbonyl (C=S) groups is 1. The topological polar surface area (TPSA) is 48.0 Å². The predicted molar refractivity (Wildman–Crippen MR) is 82.1 cm³/mol. The summed E-state index contributed by atoms with van der Waals surface area (Å²) in [6.07, 6.45) is 1.72. The highest BCUT2D eigenvalue weighted by atomic mass is 32.1. The summed E-state index contributed by atoms with van der Waals surface area (Å²) < 4.78 is 1.95. The van der Waals surface area contributed by atoms with Crippen LogP contribution in [0.15, 0.2) is 35.3 Å². The molecule has 0 spiro atoms. The second kappa shape index (κ2) is 4.97. The van der Waals surface area contributed by atoms with Crippen LogP contribution in [-0.4, -0.2) is 9.56 Å². The number of aryl methyl sites for hydroxylation is 3. The fraction of sp³-hybridized carbons (Fsp3) is 0.200. The van der Waals surface area contributed by atoms with Crippen molar-refractivity contribution >= 4 is 17.2 Å². The first-order valence-corrected chi connectivity index (χ1v) is 6.41. The van der Waals surface area contributed by atoms with E-state index in [0.29, 0.717) is 5.56 Å². The van der Waals surface area contributed by atoms with Crippen molar-refractivity contribution in [3.8, 4) is 5.69 Å². The van der Waals surface area contributed by atoms with Crippen molar-refractivity contribution in [2.45, 2.75) is 20.8 Å². The molecular weight excluding hydrogens is 256 g/mol. The Hall–Kier alpha value is -1.94. The van der Waals surface area contributed by atoms with Crippen LogP contribution in [0.3, 0.4) is 0 Å². The van der Waals surface area contributed by atoms with Crippen molar-refractivity contribution < 1.29 is 0 Å². The van der Waals surface area contributed by atoms with Gasteiger partial charge in [0.15, 0.2) is 5.43 Å². The fourth-order valence-electron chi connectivity index (χ4n) is 2.15. The number of benzene rings is 1. The molecular formula is C15H16N2OS. The molecule has 0 atom stereocenters. The van der Waals surface area contributed by atoms with Gasteiger partial charge in [-0.15, -0.1) is 0 Å². The SMILES string of the molecule is Cc1ccc(-n2cc(C(N)=S)c(=O)cc2C)c(C)c1. The summed E-state index contributed by atoms with van der Waals surface area (Å²) in [4.78, 5) is 12.0. The molecule has 0 saturated carbocycles. The lowest BCUT2D eigenvalue weighted by atomic mass is 10.1. The summed E-state index contributed by atoms with van der Waals surface area (Å²) in [5, 5.41) is 0. The molecule has 0 radical (unpaired) electrons. The Bertz CT molecular complexity index is 717. The van der Waals surface area contributed by atoms with Gasteiger partial charge < -0.3 is 10.3 Å². The Morgan fingerprint density at radius 2 is 1.89 bits per heavy atom. The fourth-order valence-corrected chi connectivity index (χ4v) is 2.31. The molecule has 0 aliphatic carbocycles. The zero-order chi connectivity index (χ0) is 14.2. The molecule has 98 valence electrons. The molecule has 19 heavy (non-hydrogen) atoms. The quantitative estimate of drug-likeness (QED) is 0.854. The summed E-state index contributed by atoms with van der Waals surface area (Å²) in [6.45, 7) is 5.99. The van der Waals surface area contributed by atoms with Gasteiger partial charge in [-0.05, 0) is 32.4 Å². The minimum atomic E-state index is -0.133. The average molecular weight is 272 g/mol. The molecule has 0 amide bonds. The average Bonchev–Trinajstić information content (AvgIpc) is 2.30. The van der Waals surface area contributed by atoms with Crippen LogP contribution in [0, 0.1) is 20.8 Å². The van der Waals surface area contributed by atoms with Crippen molar-refractivity contribution in [1.29, 1.82) is 0 Å². The van der Waals surface area contributed by atoms with Gasteiger partial charge in [-0.3, -0.25) is 4.79 Å². The van der Waals surface area contributed by atoms with Gasteiger partial charge in [0.1, 0.15) is 4.99 Å². The second-order valence-electron chi connectivity index (χ2n) is 4.72. The first kappa shape index (κ1) is 13.5. The molecule has 1 aromatic heterocycles. The molecule has 0 aliphatic heterocycles. The molecule has 2 aromatic rings. The van der Waals surface area contributed by atoms with Gasteiger partial charge in [0.05, 0.1) is 5.56 Å². The van der Waals surface area contributed by atoms with E-state index in [1.807, 2.05) is 30.5 Å². The van der Waals surface area contributed by atoms with Gasteiger partial charge in [0.25, 0.3) is 0 Å². The Kier molecular flexibility index (Phi) is 3.53. The molecule has 4 heteroatoms. The minimum absolute atomic E-state index is 0.128. The maximum Gasteiger partial charge on any atom is 0.192 e. The Morgan fingerprint density at radius 1 is 1.21 bits per heavy atom. The van der Waals surface area contributed by atoms with Gasteiger partial charge in [0, 0.05) is 23.6 Å². The number of nitrogens with zero attached hydrogens (tertiary/aromatic N) is 1. The van der Waals surface area contributed by atoms with Crippen LogP contribution in [0.4, 0.5) is 0 Å². The van der Waals surface area contributed by atoms with Crippen molar-refractivity contribution in [1.82, 2.24) is 4.57 Å². The second-order valence-corrected chi connectivity index (χ2v) is 5.16. The highest BCUT2D eigenvalue weighted by molar-refractivity contribution is 7.80. The number of pyridine rings is 1. The van der Waals surface area contributed by atoms with Crippen LogP contribution < -0.4 is 11.2 Å². The minimum Gasteiger partial charge on any atom is -0.389 e. The Morgan fingerprint density at radius 3 is 2.47 bits per heavy atom. The van der Waals surface area contributed by atoms with E-state index in [9.17, 15) is 4.79 Å². The molecule has 0 bridgehead atoms. The lowest BCUT2D eigenvalue weighted by Gasteiger charge is -2.15. The molecule has 0 unspecified atom stereocenters. The highest BCUT2D eigenvalue weighted by Gasteiger charge is 2.09. The summed E-state index contributed by atoms with van der Waals surface area (Å²) in [5.41, 5.74) is 10.1. The van der Waals surface area contributed by atoms with Gasteiger partial charge >= 0.3 is 0 Å². The summed E-state index contributed by atoms with van der Waals surface area (Å²) in [6, 6.07) is 7.74. The molecule has 2 N–H and O–H groups in total.